The average Bonchev–Trinajstić information content (AvgIpc) is 3.52. The molecular formula is C79H153NO5. The Balaban J connectivity index is 3.33. The number of hydrogen-bond acceptors (Lipinski definition) is 5. The summed E-state index contributed by atoms with van der Waals surface area (Å²) in [6.07, 6.45) is 95.6. The first kappa shape index (κ1) is 83.3. The van der Waals surface area contributed by atoms with Crippen LogP contribution < -0.4 is 5.32 Å². The van der Waals surface area contributed by atoms with Crippen LogP contribution in [0.25, 0.3) is 0 Å². The van der Waals surface area contributed by atoms with Crippen molar-refractivity contribution in [1.29, 1.82) is 0 Å². The Bertz CT molecular complexity index is 1330. The van der Waals surface area contributed by atoms with Gasteiger partial charge in [-0.25, -0.2) is 0 Å². The van der Waals surface area contributed by atoms with Gasteiger partial charge in [0.1, 0.15) is 0 Å². The lowest BCUT2D eigenvalue weighted by atomic mass is 10.0. The number of aliphatic hydroxyl groups excluding tert-OH is 2. The molecule has 0 aliphatic carbocycles. The maximum atomic E-state index is 12.5. The van der Waals surface area contributed by atoms with Gasteiger partial charge >= 0.3 is 5.97 Å². The van der Waals surface area contributed by atoms with E-state index in [1.165, 1.54) is 366 Å². The van der Waals surface area contributed by atoms with Gasteiger partial charge < -0.3 is 20.3 Å². The number of ether oxygens (including phenoxy) is 1. The van der Waals surface area contributed by atoms with E-state index in [9.17, 15) is 19.8 Å². The Hall–Kier alpha value is -1.66. The molecule has 0 aromatic heterocycles. The third-order valence-corrected chi connectivity index (χ3v) is 18.5. The summed E-state index contributed by atoms with van der Waals surface area (Å²) in [6, 6.07) is -0.539. The van der Waals surface area contributed by atoms with E-state index in [0.29, 0.717) is 25.9 Å². The van der Waals surface area contributed by atoms with Crippen molar-refractivity contribution in [3.63, 3.8) is 0 Å². The van der Waals surface area contributed by atoms with E-state index in [4.69, 9.17) is 4.74 Å². The number of nitrogens with one attached hydrogen (secondary N) is 1. The summed E-state index contributed by atoms with van der Waals surface area (Å²) >= 11 is 0. The van der Waals surface area contributed by atoms with Crippen molar-refractivity contribution < 1.29 is 24.5 Å². The van der Waals surface area contributed by atoms with Crippen LogP contribution in [-0.4, -0.2) is 47.4 Å². The topological polar surface area (TPSA) is 95.9 Å². The molecule has 2 unspecified atom stereocenters. The number of hydrogen-bond donors (Lipinski definition) is 3. The van der Waals surface area contributed by atoms with Crippen LogP contribution >= 0.6 is 0 Å². The summed E-state index contributed by atoms with van der Waals surface area (Å²) in [5, 5.41) is 23.3. The first-order valence-electron chi connectivity index (χ1n) is 39.1. The number of amides is 1. The number of allylic oxidation sites excluding steroid dienone is 4. The van der Waals surface area contributed by atoms with E-state index in [1.807, 2.05) is 0 Å². The second-order valence-corrected chi connectivity index (χ2v) is 27.0. The molecule has 2 atom stereocenters. The van der Waals surface area contributed by atoms with E-state index in [-0.39, 0.29) is 18.5 Å². The molecule has 0 aromatic rings. The normalized spacial score (nSPS) is 12.6. The summed E-state index contributed by atoms with van der Waals surface area (Å²) < 4.78 is 5.51. The van der Waals surface area contributed by atoms with Crippen LogP contribution in [0.4, 0.5) is 0 Å². The molecule has 0 spiro atoms. The van der Waals surface area contributed by atoms with Crippen molar-refractivity contribution in [3.8, 4) is 0 Å². The fourth-order valence-corrected chi connectivity index (χ4v) is 12.6. The third kappa shape index (κ3) is 71.3. The summed E-state index contributed by atoms with van der Waals surface area (Å²) in [7, 11) is 0. The highest BCUT2D eigenvalue weighted by molar-refractivity contribution is 5.76. The molecule has 0 saturated heterocycles. The fraction of sp³-hybridized carbons (Fsp3) is 0.924. The van der Waals surface area contributed by atoms with Crippen LogP contribution in [0.15, 0.2) is 24.3 Å². The largest absolute Gasteiger partial charge is 0.466 e. The Kier molecular flexibility index (Phi) is 73.3. The number of esters is 1. The Morgan fingerprint density at radius 1 is 0.329 bits per heavy atom. The van der Waals surface area contributed by atoms with Crippen molar-refractivity contribution in [1.82, 2.24) is 5.32 Å². The van der Waals surface area contributed by atoms with E-state index in [1.54, 1.807) is 0 Å². The minimum atomic E-state index is -0.662. The number of unbranched alkanes of at least 4 members (excludes halogenated alkanes) is 59. The molecule has 0 heterocycles. The standard InChI is InChI=1S/C79H153NO5/c1-3-5-7-9-11-13-15-17-19-41-45-49-53-57-61-65-69-73-79(84)85-74-70-66-62-58-54-50-46-43-40-38-36-34-32-30-28-26-24-22-20-21-23-25-27-29-31-33-35-37-39-42-44-48-52-56-60-64-68-72-78(83)80-76(75-81)77(82)71-67-63-59-55-51-47-18-16-14-12-10-8-6-4-2/h20,22,26,28,76-77,81-82H,3-19,21,23-25,27,29-75H2,1-2H3,(H,80,83)/b22-20-,28-26-. The van der Waals surface area contributed by atoms with E-state index in [0.717, 1.165) is 44.9 Å². The summed E-state index contributed by atoms with van der Waals surface area (Å²) in [5.41, 5.74) is 0. The highest BCUT2D eigenvalue weighted by Crippen LogP contribution is 2.20. The smallest absolute Gasteiger partial charge is 0.305 e. The molecule has 0 aliphatic rings. The fourth-order valence-electron chi connectivity index (χ4n) is 12.6. The zero-order valence-corrected chi connectivity index (χ0v) is 57.9. The molecule has 0 rings (SSSR count). The number of aliphatic hydroxyl groups is 2. The minimum absolute atomic E-state index is 0.0236. The quantitative estimate of drug-likeness (QED) is 0.0320. The van der Waals surface area contributed by atoms with Crippen LogP contribution in [0.1, 0.15) is 444 Å². The molecule has 0 aromatic carbocycles. The molecule has 0 bridgehead atoms. The van der Waals surface area contributed by atoms with Gasteiger partial charge in [-0.2, -0.15) is 0 Å². The lowest BCUT2D eigenvalue weighted by Gasteiger charge is -2.22. The summed E-state index contributed by atoms with van der Waals surface area (Å²) in [5.74, 6) is -0.00560. The average molecular weight is 1200 g/mol. The third-order valence-electron chi connectivity index (χ3n) is 18.5. The van der Waals surface area contributed by atoms with Gasteiger partial charge in [-0.05, 0) is 57.8 Å². The van der Waals surface area contributed by atoms with Crippen molar-refractivity contribution in [3.05, 3.63) is 24.3 Å². The molecule has 6 nitrogen and oxygen atoms in total. The van der Waals surface area contributed by atoms with Gasteiger partial charge in [0.25, 0.3) is 0 Å². The molecule has 1 amide bonds. The zero-order valence-electron chi connectivity index (χ0n) is 57.9. The van der Waals surface area contributed by atoms with Crippen LogP contribution in [0.2, 0.25) is 0 Å². The summed E-state index contributed by atoms with van der Waals surface area (Å²) in [4.78, 5) is 24.6. The number of carbonyl (C=O) groups is 2. The monoisotopic (exact) mass is 1200 g/mol. The molecule has 0 saturated carbocycles. The first-order chi connectivity index (χ1) is 42.0. The van der Waals surface area contributed by atoms with Crippen molar-refractivity contribution in [2.45, 2.75) is 456 Å². The van der Waals surface area contributed by atoms with Crippen molar-refractivity contribution in [2.24, 2.45) is 0 Å². The molecule has 0 fully saturated rings. The minimum Gasteiger partial charge on any atom is -0.466 e. The van der Waals surface area contributed by atoms with Gasteiger partial charge in [0.2, 0.25) is 5.91 Å². The van der Waals surface area contributed by atoms with Gasteiger partial charge in [-0.15, -0.1) is 0 Å². The number of rotatable bonds is 74. The van der Waals surface area contributed by atoms with Crippen LogP contribution in [0.3, 0.4) is 0 Å². The number of carbonyl (C=O) groups excluding carboxylic acids is 2. The van der Waals surface area contributed by atoms with Gasteiger partial charge in [-0.3, -0.25) is 9.59 Å². The predicted molar refractivity (Wildman–Crippen MR) is 375 cm³/mol. The zero-order chi connectivity index (χ0) is 61.3. The second kappa shape index (κ2) is 74.8. The van der Waals surface area contributed by atoms with Crippen molar-refractivity contribution in [2.75, 3.05) is 13.2 Å². The van der Waals surface area contributed by atoms with E-state index < -0.39 is 12.1 Å². The second-order valence-electron chi connectivity index (χ2n) is 27.0. The SMILES string of the molecule is CCCCCCCCCCCCCCCCCCCC(=O)OCCCCCCCCCCCCCCC/C=C\C/C=C\CCCCCCCCCCCCCCCCCCCC(=O)NC(CO)C(O)CCCCCCCCCCCCCCCC. The Morgan fingerprint density at radius 3 is 0.894 bits per heavy atom. The maximum Gasteiger partial charge on any atom is 0.305 e. The lowest BCUT2D eigenvalue weighted by molar-refractivity contribution is -0.143. The highest BCUT2D eigenvalue weighted by atomic mass is 16.5. The van der Waals surface area contributed by atoms with Gasteiger partial charge in [-0.1, -0.05) is 398 Å². The highest BCUT2D eigenvalue weighted by Gasteiger charge is 2.20. The molecular weight excluding hydrogens is 1040 g/mol. The summed E-state index contributed by atoms with van der Waals surface area (Å²) in [6.45, 7) is 5.00. The van der Waals surface area contributed by atoms with Crippen molar-refractivity contribution >= 4 is 11.9 Å². The molecule has 0 radical (unpaired) electrons. The van der Waals surface area contributed by atoms with E-state index in [2.05, 4.69) is 43.5 Å². The molecule has 6 heteroatoms. The molecule has 504 valence electrons. The molecule has 85 heavy (non-hydrogen) atoms. The lowest BCUT2D eigenvalue weighted by Crippen LogP contribution is -2.45. The predicted octanol–water partition coefficient (Wildman–Crippen LogP) is 25.7. The van der Waals surface area contributed by atoms with Crippen LogP contribution in [-0.2, 0) is 14.3 Å². The van der Waals surface area contributed by atoms with Gasteiger partial charge in [0, 0.05) is 12.8 Å². The van der Waals surface area contributed by atoms with Gasteiger partial charge in [0.05, 0.1) is 25.4 Å². The molecule has 3 N–H and O–H groups in total. The van der Waals surface area contributed by atoms with Crippen LogP contribution in [0.5, 0.6) is 0 Å². The first-order valence-corrected chi connectivity index (χ1v) is 39.1. The van der Waals surface area contributed by atoms with E-state index >= 15 is 0 Å². The maximum absolute atomic E-state index is 12.5. The van der Waals surface area contributed by atoms with Crippen LogP contribution in [0, 0.1) is 0 Å². The Morgan fingerprint density at radius 2 is 0.588 bits per heavy atom. The Labute approximate surface area is 532 Å². The molecule has 0 aliphatic heterocycles. The van der Waals surface area contributed by atoms with Gasteiger partial charge in [0.15, 0.2) is 0 Å².